The van der Waals surface area contributed by atoms with E-state index in [2.05, 4.69) is 35.4 Å². The second-order valence-corrected chi connectivity index (χ2v) is 5.94. The molecule has 0 radical (unpaired) electrons. The van der Waals surface area contributed by atoms with Crippen molar-refractivity contribution in [3.8, 4) is 22.0 Å². The third kappa shape index (κ3) is 2.86. The number of aryl methyl sites for hydroxylation is 1. The van der Waals surface area contributed by atoms with E-state index < -0.39 is 0 Å². The highest BCUT2D eigenvalue weighted by Gasteiger charge is 2.15. The SMILES string of the molecule is CNCc1sc(-c2ncccc2C)nc1-c1ccccc1. The van der Waals surface area contributed by atoms with Crippen LogP contribution in [0.25, 0.3) is 22.0 Å². The maximum Gasteiger partial charge on any atom is 0.143 e. The lowest BCUT2D eigenvalue weighted by Gasteiger charge is -2.01. The third-order valence-electron chi connectivity index (χ3n) is 3.29. The molecule has 3 nitrogen and oxygen atoms in total. The fraction of sp³-hybridized carbons (Fsp3) is 0.176. The fourth-order valence-corrected chi connectivity index (χ4v) is 3.42. The lowest BCUT2D eigenvalue weighted by molar-refractivity contribution is 0.831. The molecule has 0 spiro atoms. The van der Waals surface area contributed by atoms with Gasteiger partial charge in [0.25, 0.3) is 0 Å². The molecule has 0 aliphatic rings. The van der Waals surface area contributed by atoms with Gasteiger partial charge < -0.3 is 5.32 Å². The molecular weight excluding hydrogens is 278 g/mol. The van der Waals surface area contributed by atoms with Crippen molar-refractivity contribution in [2.45, 2.75) is 13.5 Å². The monoisotopic (exact) mass is 295 g/mol. The van der Waals surface area contributed by atoms with E-state index in [1.54, 1.807) is 11.3 Å². The highest BCUT2D eigenvalue weighted by molar-refractivity contribution is 7.15. The summed E-state index contributed by atoms with van der Waals surface area (Å²) in [5, 5.41) is 4.21. The summed E-state index contributed by atoms with van der Waals surface area (Å²) >= 11 is 1.71. The number of rotatable bonds is 4. The maximum absolute atomic E-state index is 4.85. The van der Waals surface area contributed by atoms with Gasteiger partial charge in [0.05, 0.1) is 5.69 Å². The Morgan fingerprint density at radius 2 is 1.86 bits per heavy atom. The quantitative estimate of drug-likeness (QED) is 0.793. The molecule has 0 bridgehead atoms. The fourth-order valence-electron chi connectivity index (χ4n) is 2.26. The van der Waals surface area contributed by atoms with E-state index in [0.29, 0.717) is 0 Å². The van der Waals surface area contributed by atoms with Gasteiger partial charge in [0.1, 0.15) is 10.7 Å². The summed E-state index contributed by atoms with van der Waals surface area (Å²) in [6.07, 6.45) is 1.82. The van der Waals surface area contributed by atoms with Crippen molar-refractivity contribution in [2.75, 3.05) is 7.05 Å². The predicted molar refractivity (Wildman–Crippen MR) is 88.3 cm³/mol. The lowest BCUT2D eigenvalue weighted by Crippen LogP contribution is -2.04. The number of aromatic nitrogens is 2. The molecule has 2 aromatic heterocycles. The van der Waals surface area contributed by atoms with Gasteiger partial charge >= 0.3 is 0 Å². The number of benzene rings is 1. The van der Waals surface area contributed by atoms with Crippen LogP contribution in [0.15, 0.2) is 48.7 Å². The van der Waals surface area contributed by atoms with Gasteiger partial charge in [-0.15, -0.1) is 11.3 Å². The first kappa shape index (κ1) is 13.9. The first-order valence-corrected chi connectivity index (χ1v) is 7.73. The summed E-state index contributed by atoms with van der Waals surface area (Å²) in [7, 11) is 1.96. The smallest absolute Gasteiger partial charge is 0.143 e. The molecule has 0 amide bonds. The summed E-state index contributed by atoms with van der Waals surface area (Å²) in [6.45, 7) is 2.89. The standard InChI is InChI=1S/C17H17N3S/c1-12-7-6-10-19-15(12)17-20-16(14(21-17)11-18-2)13-8-4-3-5-9-13/h3-10,18H,11H2,1-2H3. The Morgan fingerprint density at radius 1 is 1.05 bits per heavy atom. The third-order valence-corrected chi connectivity index (χ3v) is 4.36. The molecule has 1 N–H and O–H groups in total. The van der Waals surface area contributed by atoms with Gasteiger partial charge in [0.2, 0.25) is 0 Å². The molecule has 2 heterocycles. The van der Waals surface area contributed by atoms with Gasteiger partial charge in [0, 0.05) is 23.2 Å². The van der Waals surface area contributed by atoms with E-state index in [0.717, 1.165) is 34.1 Å². The molecule has 3 rings (SSSR count). The number of thiazole rings is 1. The molecule has 0 aliphatic heterocycles. The van der Waals surface area contributed by atoms with E-state index in [4.69, 9.17) is 4.98 Å². The summed E-state index contributed by atoms with van der Waals surface area (Å²) in [5.41, 5.74) is 4.33. The van der Waals surface area contributed by atoms with Crippen molar-refractivity contribution in [2.24, 2.45) is 0 Å². The molecule has 1 aromatic carbocycles. The Labute approximate surface area is 128 Å². The van der Waals surface area contributed by atoms with Crippen molar-refractivity contribution in [3.63, 3.8) is 0 Å². The first-order valence-electron chi connectivity index (χ1n) is 6.91. The van der Waals surface area contributed by atoms with Crippen molar-refractivity contribution in [1.29, 1.82) is 0 Å². The molecular formula is C17H17N3S. The zero-order chi connectivity index (χ0) is 14.7. The number of pyridine rings is 1. The van der Waals surface area contributed by atoms with Crippen molar-refractivity contribution < 1.29 is 0 Å². The molecule has 0 aliphatic carbocycles. The molecule has 0 saturated carbocycles. The van der Waals surface area contributed by atoms with Crippen LogP contribution in [0.5, 0.6) is 0 Å². The van der Waals surface area contributed by atoms with Gasteiger partial charge in [-0.05, 0) is 25.6 Å². The first-order chi connectivity index (χ1) is 10.3. The average Bonchev–Trinajstić information content (AvgIpc) is 2.93. The Morgan fingerprint density at radius 3 is 2.57 bits per heavy atom. The highest BCUT2D eigenvalue weighted by atomic mass is 32.1. The van der Waals surface area contributed by atoms with Gasteiger partial charge in [-0.2, -0.15) is 0 Å². The summed E-state index contributed by atoms with van der Waals surface area (Å²) in [6, 6.07) is 14.3. The second kappa shape index (κ2) is 6.16. The Kier molecular flexibility index (Phi) is 4.08. The van der Waals surface area contributed by atoms with Crippen molar-refractivity contribution in [1.82, 2.24) is 15.3 Å². The van der Waals surface area contributed by atoms with Gasteiger partial charge in [-0.25, -0.2) is 4.98 Å². The van der Waals surface area contributed by atoms with Crippen LogP contribution in [-0.2, 0) is 6.54 Å². The van der Waals surface area contributed by atoms with Crippen LogP contribution >= 0.6 is 11.3 Å². The van der Waals surface area contributed by atoms with Gasteiger partial charge in [0.15, 0.2) is 0 Å². The number of hydrogen-bond acceptors (Lipinski definition) is 4. The van der Waals surface area contributed by atoms with Crippen LogP contribution < -0.4 is 5.32 Å². The van der Waals surface area contributed by atoms with E-state index in [1.807, 2.05) is 37.5 Å². The van der Waals surface area contributed by atoms with E-state index in [9.17, 15) is 0 Å². The minimum atomic E-state index is 0.813. The Bertz CT molecular complexity index is 735. The maximum atomic E-state index is 4.85. The topological polar surface area (TPSA) is 37.8 Å². The summed E-state index contributed by atoms with van der Waals surface area (Å²) in [5.74, 6) is 0. The van der Waals surface area contributed by atoms with Crippen LogP contribution in [0.4, 0.5) is 0 Å². The number of nitrogens with one attached hydrogen (secondary N) is 1. The highest BCUT2D eigenvalue weighted by Crippen LogP contribution is 2.34. The van der Waals surface area contributed by atoms with E-state index in [1.165, 1.54) is 4.88 Å². The van der Waals surface area contributed by atoms with Crippen LogP contribution in [0.3, 0.4) is 0 Å². The summed E-state index contributed by atoms with van der Waals surface area (Å²) in [4.78, 5) is 10.6. The molecule has 0 unspecified atom stereocenters. The molecule has 21 heavy (non-hydrogen) atoms. The summed E-state index contributed by atoms with van der Waals surface area (Å²) < 4.78 is 0. The number of hydrogen-bond donors (Lipinski definition) is 1. The van der Waals surface area contributed by atoms with Gasteiger partial charge in [-0.3, -0.25) is 4.98 Å². The Hall–Kier alpha value is -2.04. The zero-order valence-corrected chi connectivity index (χ0v) is 12.9. The molecule has 0 fully saturated rings. The largest absolute Gasteiger partial charge is 0.315 e. The van der Waals surface area contributed by atoms with Crippen molar-refractivity contribution >= 4 is 11.3 Å². The minimum absolute atomic E-state index is 0.813. The predicted octanol–water partition coefficient (Wildman–Crippen LogP) is 3.90. The molecule has 106 valence electrons. The van der Waals surface area contributed by atoms with Crippen LogP contribution in [0.1, 0.15) is 10.4 Å². The van der Waals surface area contributed by atoms with Crippen LogP contribution in [-0.4, -0.2) is 17.0 Å². The normalized spacial score (nSPS) is 10.8. The van der Waals surface area contributed by atoms with Crippen LogP contribution in [0.2, 0.25) is 0 Å². The average molecular weight is 295 g/mol. The Balaban J connectivity index is 2.11. The van der Waals surface area contributed by atoms with Gasteiger partial charge in [-0.1, -0.05) is 36.4 Å². The number of nitrogens with zero attached hydrogens (tertiary/aromatic N) is 2. The van der Waals surface area contributed by atoms with E-state index in [-0.39, 0.29) is 0 Å². The zero-order valence-electron chi connectivity index (χ0n) is 12.1. The molecule has 0 saturated heterocycles. The van der Waals surface area contributed by atoms with Crippen LogP contribution in [0, 0.1) is 6.92 Å². The second-order valence-electron chi connectivity index (χ2n) is 4.86. The van der Waals surface area contributed by atoms with Crippen molar-refractivity contribution in [3.05, 3.63) is 59.1 Å². The molecule has 3 aromatic rings. The minimum Gasteiger partial charge on any atom is -0.315 e. The molecule has 4 heteroatoms. The molecule has 0 atom stereocenters. The van der Waals surface area contributed by atoms with E-state index >= 15 is 0 Å². The lowest BCUT2D eigenvalue weighted by atomic mass is 10.1.